The van der Waals surface area contributed by atoms with E-state index in [0.29, 0.717) is 48.1 Å². The number of pyridine rings is 1. The highest BCUT2D eigenvalue weighted by molar-refractivity contribution is 5.97. The number of amides is 3. The SMILES string of the molecule is COc1nc2c(cc1C(=O)N1CC[C@H]3OCc4cccc(c4)Oc4cc(ccc4C)C(=O)N(C)CC(=O)N[C@H]3C1)CCC2. The van der Waals surface area contributed by atoms with Gasteiger partial charge >= 0.3 is 0 Å². The Morgan fingerprint density at radius 3 is 2.81 bits per heavy atom. The molecule has 1 aliphatic carbocycles. The molecule has 6 rings (SSSR count). The molecule has 4 bridgehead atoms. The molecule has 10 nitrogen and oxygen atoms in total. The predicted octanol–water partition coefficient (Wildman–Crippen LogP) is 3.68. The molecule has 224 valence electrons. The predicted molar refractivity (Wildman–Crippen MR) is 158 cm³/mol. The standard InChI is InChI=1S/C33H36N4O6/c1-20-10-11-23-16-29(20)43-24-8-4-6-21(14-24)19-42-28-12-13-37(17-27(28)34-30(38)18-36(2)32(23)39)33(40)25-15-22-7-5-9-26(22)35-31(25)41-3/h4,6,8,10-11,14-16,27-28H,5,7,9,12-13,17-19H2,1-3H3,(H,34,38)/t27-,28+/m0/s1. The number of carbonyl (C=O) groups excluding carboxylic acids is 3. The molecule has 3 amide bonds. The summed E-state index contributed by atoms with van der Waals surface area (Å²) in [4.78, 5) is 48.0. The fourth-order valence-electron chi connectivity index (χ4n) is 6.02. The van der Waals surface area contributed by atoms with Crippen LogP contribution in [0.1, 0.15) is 55.9 Å². The average Bonchev–Trinajstić information content (AvgIpc) is 3.47. The van der Waals surface area contributed by atoms with Gasteiger partial charge in [0, 0.05) is 31.4 Å². The fraction of sp³-hybridized carbons (Fsp3) is 0.394. The second-order valence-corrected chi connectivity index (χ2v) is 11.5. The molecule has 0 unspecified atom stereocenters. The first-order chi connectivity index (χ1) is 20.8. The van der Waals surface area contributed by atoms with Gasteiger partial charge in [0.15, 0.2) is 0 Å². The Hall–Kier alpha value is -4.44. The average molecular weight is 585 g/mol. The van der Waals surface area contributed by atoms with Crippen molar-refractivity contribution in [1.82, 2.24) is 20.1 Å². The lowest BCUT2D eigenvalue weighted by molar-refractivity contribution is -0.124. The number of carbonyl (C=O) groups is 3. The first-order valence-corrected chi connectivity index (χ1v) is 14.7. The maximum atomic E-state index is 13.8. The van der Waals surface area contributed by atoms with Crippen molar-refractivity contribution >= 4 is 17.7 Å². The molecule has 1 fully saturated rings. The van der Waals surface area contributed by atoms with Crippen molar-refractivity contribution in [2.24, 2.45) is 0 Å². The number of piperidine rings is 1. The van der Waals surface area contributed by atoms with Gasteiger partial charge in [0.2, 0.25) is 11.8 Å². The molecule has 3 aliphatic rings. The van der Waals surface area contributed by atoms with Crippen molar-refractivity contribution in [3.8, 4) is 17.4 Å². The molecule has 2 aliphatic heterocycles. The summed E-state index contributed by atoms with van der Waals surface area (Å²) in [5.41, 5.74) is 4.72. The van der Waals surface area contributed by atoms with Crippen LogP contribution in [0.5, 0.6) is 17.4 Å². The molecule has 1 saturated heterocycles. The number of hydrogen-bond acceptors (Lipinski definition) is 7. The largest absolute Gasteiger partial charge is 0.480 e. The Morgan fingerprint density at radius 1 is 1.12 bits per heavy atom. The third kappa shape index (κ3) is 6.06. The zero-order chi connectivity index (χ0) is 30.1. The Morgan fingerprint density at radius 2 is 1.98 bits per heavy atom. The van der Waals surface area contributed by atoms with Gasteiger partial charge in [-0.3, -0.25) is 14.4 Å². The summed E-state index contributed by atoms with van der Waals surface area (Å²) in [5.74, 6) is 0.708. The van der Waals surface area contributed by atoms with Gasteiger partial charge < -0.3 is 29.3 Å². The molecule has 10 heteroatoms. The maximum absolute atomic E-state index is 13.8. The molecule has 3 aromatic rings. The summed E-state index contributed by atoms with van der Waals surface area (Å²) < 4.78 is 18.0. The van der Waals surface area contributed by atoms with Gasteiger partial charge in [-0.1, -0.05) is 18.2 Å². The number of fused-ring (bicyclic) bond motifs is 6. The highest BCUT2D eigenvalue weighted by atomic mass is 16.5. The molecule has 2 atom stereocenters. The van der Waals surface area contributed by atoms with Gasteiger partial charge in [-0.2, -0.15) is 0 Å². The Labute approximate surface area is 250 Å². The summed E-state index contributed by atoms with van der Waals surface area (Å²) in [5, 5.41) is 3.06. The van der Waals surface area contributed by atoms with Gasteiger partial charge in [-0.25, -0.2) is 4.98 Å². The van der Waals surface area contributed by atoms with Crippen molar-refractivity contribution in [3.05, 3.63) is 82.0 Å². The van der Waals surface area contributed by atoms with Crippen LogP contribution in [0.3, 0.4) is 0 Å². The van der Waals surface area contributed by atoms with Crippen molar-refractivity contribution < 1.29 is 28.6 Å². The van der Waals surface area contributed by atoms with Crippen LogP contribution in [0.2, 0.25) is 0 Å². The maximum Gasteiger partial charge on any atom is 0.259 e. The van der Waals surface area contributed by atoms with Crippen molar-refractivity contribution in [2.75, 3.05) is 33.8 Å². The second kappa shape index (κ2) is 12.0. The van der Waals surface area contributed by atoms with E-state index in [-0.39, 0.29) is 36.9 Å². The van der Waals surface area contributed by atoms with Crippen molar-refractivity contribution in [1.29, 1.82) is 0 Å². The van der Waals surface area contributed by atoms with E-state index in [1.807, 2.05) is 43.3 Å². The van der Waals surface area contributed by atoms with Crippen LogP contribution in [0.4, 0.5) is 0 Å². The van der Waals surface area contributed by atoms with Crippen molar-refractivity contribution in [2.45, 2.75) is 51.4 Å². The third-order valence-electron chi connectivity index (χ3n) is 8.38. The molecule has 0 spiro atoms. The quantitative estimate of drug-likeness (QED) is 0.489. The summed E-state index contributed by atoms with van der Waals surface area (Å²) in [6.07, 6.45) is 2.96. The Kier molecular flexibility index (Phi) is 8.03. The fourth-order valence-corrected chi connectivity index (χ4v) is 6.02. The molecular weight excluding hydrogens is 548 g/mol. The van der Waals surface area contributed by atoms with Gasteiger partial charge in [-0.15, -0.1) is 0 Å². The van der Waals surface area contributed by atoms with Gasteiger partial charge in [-0.05, 0) is 79.6 Å². The lowest BCUT2D eigenvalue weighted by atomic mass is 10.00. The minimum Gasteiger partial charge on any atom is -0.480 e. The van der Waals surface area contributed by atoms with E-state index in [1.165, 1.54) is 12.0 Å². The lowest BCUT2D eigenvalue weighted by Gasteiger charge is -2.39. The van der Waals surface area contributed by atoms with E-state index in [9.17, 15) is 14.4 Å². The number of aryl methyl sites for hydroxylation is 3. The normalized spacial score (nSPS) is 20.5. The van der Waals surface area contributed by atoms with Crippen molar-refractivity contribution in [3.63, 3.8) is 0 Å². The number of hydrogen-bond donors (Lipinski definition) is 1. The van der Waals surface area contributed by atoms with E-state index >= 15 is 0 Å². The Balaban J connectivity index is 1.26. The monoisotopic (exact) mass is 584 g/mol. The van der Waals surface area contributed by atoms with Crippen LogP contribution in [-0.4, -0.2) is 78.4 Å². The van der Waals surface area contributed by atoms with Crippen LogP contribution >= 0.6 is 0 Å². The van der Waals surface area contributed by atoms with E-state index in [0.717, 1.165) is 41.6 Å². The molecule has 0 saturated carbocycles. The summed E-state index contributed by atoms with van der Waals surface area (Å²) in [6, 6.07) is 14.3. The molecule has 1 aromatic heterocycles. The van der Waals surface area contributed by atoms with E-state index in [1.54, 1.807) is 24.1 Å². The van der Waals surface area contributed by atoms with E-state index in [4.69, 9.17) is 14.2 Å². The first kappa shape index (κ1) is 28.7. The zero-order valence-electron chi connectivity index (χ0n) is 24.7. The minimum atomic E-state index is -0.486. The molecular formula is C33H36N4O6. The zero-order valence-corrected chi connectivity index (χ0v) is 24.7. The van der Waals surface area contributed by atoms with Crippen LogP contribution < -0.4 is 14.8 Å². The number of likely N-dealkylation sites (N-methyl/N-ethyl adjacent to an activating group) is 1. The number of rotatable bonds is 2. The number of benzene rings is 2. The topological polar surface area (TPSA) is 110 Å². The van der Waals surface area contributed by atoms with Gasteiger partial charge in [0.1, 0.15) is 17.1 Å². The van der Waals surface area contributed by atoms with Crippen LogP contribution in [0.25, 0.3) is 0 Å². The number of nitrogens with zero attached hydrogens (tertiary/aromatic N) is 3. The van der Waals surface area contributed by atoms with E-state index < -0.39 is 6.04 Å². The van der Waals surface area contributed by atoms with Crippen LogP contribution in [0, 0.1) is 6.92 Å². The highest BCUT2D eigenvalue weighted by Gasteiger charge is 2.35. The molecule has 2 aromatic carbocycles. The highest BCUT2D eigenvalue weighted by Crippen LogP contribution is 2.30. The summed E-state index contributed by atoms with van der Waals surface area (Å²) in [6.45, 7) is 2.77. The number of nitrogens with one attached hydrogen (secondary N) is 1. The molecule has 3 heterocycles. The molecule has 0 radical (unpaired) electrons. The number of aromatic nitrogens is 1. The number of methoxy groups -OCH3 is 1. The van der Waals surface area contributed by atoms with Gasteiger partial charge in [0.25, 0.3) is 11.8 Å². The minimum absolute atomic E-state index is 0.151. The second-order valence-electron chi connectivity index (χ2n) is 11.5. The van der Waals surface area contributed by atoms with E-state index in [2.05, 4.69) is 10.3 Å². The Bertz CT molecular complexity index is 1570. The number of ether oxygens (including phenoxy) is 3. The lowest BCUT2D eigenvalue weighted by Crippen LogP contribution is -2.58. The first-order valence-electron chi connectivity index (χ1n) is 14.7. The summed E-state index contributed by atoms with van der Waals surface area (Å²) in [7, 11) is 3.12. The summed E-state index contributed by atoms with van der Waals surface area (Å²) >= 11 is 0. The van der Waals surface area contributed by atoms with Crippen LogP contribution in [0.15, 0.2) is 48.5 Å². The van der Waals surface area contributed by atoms with Gasteiger partial charge in [0.05, 0.1) is 32.4 Å². The smallest absolute Gasteiger partial charge is 0.259 e. The molecule has 43 heavy (non-hydrogen) atoms. The molecule has 1 N–H and O–H groups in total. The number of likely N-dealkylation sites (tertiary alicyclic amines) is 1. The van der Waals surface area contributed by atoms with Crippen LogP contribution in [-0.2, 0) is 29.0 Å². The third-order valence-corrected chi connectivity index (χ3v) is 8.38.